The average molecular weight is 419 g/mol. The van der Waals surface area contributed by atoms with E-state index in [0.717, 1.165) is 11.1 Å². The van der Waals surface area contributed by atoms with Crippen LogP contribution in [0.3, 0.4) is 0 Å². The predicted octanol–water partition coefficient (Wildman–Crippen LogP) is 3.13. The van der Waals surface area contributed by atoms with Crippen LogP contribution in [-0.4, -0.2) is 40.5 Å². The molecule has 2 amide bonds. The van der Waals surface area contributed by atoms with Crippen LogP contribution in [0.2, 0.25) is 0 Å². The van der Waals surface area contributed by atoms with Gasteiger partial charge in [0.05, 0.1) is 10.7 Å². The molecule has 0 fully saturated rings. The zero-order valence-corrected chi connectivity index (χ0v) is 16.9. The summed E-state index contributed by atoms with van der Waals surface area (Å²) in [6, 6.07) is 11.2. The number of nitro groups is 1. The molecule has 1 N–H and O–H groups in total. The summed E-state index contributed by atoms with van der Waals surface area (Å²) in [7, 11) is 1.50. The number of thioether (sulfide) groups is 1. The highest BCUT2D eigenvalue weighted by molar-refractivity contribution is 7.99. The van der Waals surface area contributed by atoms with Crippen LogP contribution < -0.4 is 5.32 Å². The lowest BCUT2D eigenvalue weighted by Crippen LogP contribution is -2.47. The third kappa shape index (κ3) is 6.56. The summed E-state index contributed by atoms with van der Waals surface area (Å²) in [5.41, 5.74) is 1.59. The number of likely N-dealkylation sites (N-methyl/N-ethyl adjacent to an activating group) is 1. The molecule has 1 atom stereocenters. The predicted molar refractivity (Wildman–Crippen MR) is 110 cm³/mol. The molecular formula is C20H22FN3O4S. The minimum atomic E-state index is -0.683. The van der Waals surface area contributed by atoms with E-state index in [-0.39, 0.29) is 35.6 Å². The van der Waals surface area contributed by atoms with E-state index in [1.54, 1.807) is 31.2 Å². The molecule has 0 radical (unpaired) electrons. The van der Waals surface area contributed by atoms with E-state index in [1.165, 1.54) is 48.0 Å². The Labute approximate surface area is 172 Å². The molecule has 0 aliphatic rings. The van der Waals surface area contributed by atoms with Gasteiger partial charge in [0.1, 0.15) is 11.9 Å². The van der Waals surface area contributed by atoms with Gasteiger partial charge in [-0.15, -0.1) is 11.8 Å². The maximum absolute atomic E-state index is 13.1. The minimum absolute atomic E-state index is 0.0136. The molecule has 2 aromatic rings. The maximum Gasteiger partial charge on any atom is 0.269 e. The molecule has 0 aliphatic carbocycles. The zero-order chi connectivity index (χ0) is 21.4. The zero-order valence-electron chi connectivity index (χ0n) is 16.1. The monoisotopic (exact) mass is 419 g/mol. The number of nitro benzene ring substituents is 1. The summed E-state index contributed by atoms with van der Waals surface area (Å²) < 4.78 is 13.1. The number of hydrogen-bond acceptors (Lipinski definition) is 5. The molecule has 2 aromatic carbocycles. The van der Waals surface area contributed by atoms with Gasteiger partial charge in [-0.1, -0.05) is 24.3 Å². The highest BCUT2D eigenvalue weighted by Gasteiger charge is 2.25. The molecule has 154 valence electrons. The fourth-order valence-corrected chi connectivity index (χ4v) is 3.50. The largest absolute Gasteiger partial charge is 0.357 e. The topological polar surface area (TPSA) is 92.6 Å². The van der Waals surface area contributed by atoms with Crippen molar-refractivity contribution in [1.82, 2.24) is 10.2 Å². The van der Waals surface area contributed by atoms with E-state index in [0.29, 0.717) is 5.75 Å². The van der Waals surface area contributed by atoms with Gasteiger partial charge in [0.2, 0.25) is 11.8 Å². The Kier molecular flexibility index (Phi) is 8.14. The smallest absolute Gasteiger partial charge is 0.269 e. The molecule has 0 bridgehead atoms. The van der Waals surface area contributed by atoms with Gasteiger partial charge in [-0.05, 0) is 30.2 Å². The van der Waals surface area contributed by atoms with Crippen molar-refractivity contribution in [3.05, 3.63) is 75.6 Å². The van der Waals surface area contributed by atoms with Gasteiger partial charge in [-0.25, -0.2) is 4.39 Å². The fraction of sp³-hybridized carbons (Fsp3) is 0.300. The minimum Gasteiger partial charge on any atom is -0.357 e. The van der Waals surface area contributed by atoms with E-state index >= 15 is 0 Å². The summed E-state index contributed by atoms with van der Waals surface area (Å²) in [5, 5.41) is 13.2. The molecule has 0 aromatic heterocycles. The van der Waals surface area contributed by atoms with Crippen molar-refractivity contribution >= 4 is 29.3 Å². The van der Waals surface area contributed by atoms with Gasteiger partial charge in [0.25, 0.3) is 5.69 Å². The number of rotatable bonds is 9. The Balaban J connectivity index is 2.01. The molecule has 0 saturated carbocycles. The fourth-order valence-electron chi connectivity index (χ4n) is 2.63. The molecule has 0 spiro atoms. The normalized spacial score (nSPS) is 11.6. The molecule has 29 heavy (non-hydrogen) atoms. The second kappa shape index (κ2) is 10.6. The summed E-state index contributed by atoms with van der Waals surface area (Å²) in [6.45, 7) is 1.83. The standard InChI is InChI=1S/C20H22FN3O4S/c1-14(20(26)22-2)23(11-15-3-7-17(21)8-4-15)19(25)13-29-12-16-5-9-18(10-6-16)24(27)28/h3-10,14H,11-13H2,1-2H3,(H,22,26)/t14-/m1/s1. The Bertz CT molecular complexity index is 859. The molecular weight excluding hydrogens is 397 g/mol. The molecule has 0 saturated heterocycles. The first-order valence-electron chi connectivity index (χ1n) is 8.88. The SMILES string of the molecule is CNC(=O)[C@@H](C)N(Cc1ccc(F)cc1)C(=O)CSCc1ccc([N+](=O)[O-])cc1. The first-order chi connectivity index (χ1) is 13.8. The van der Waals surface area contributed by atoms with Crippen molar-refractivity contribution in [1.29, 1.82) is 0 Å². The number of carbonyl (C=O) groups is 2. The molecule has 0 unspecified atom stereocenters. The van der Waals surface area contributed by atoms with Crippen molar-refractivity contribution in [3.8, 4) is 0 Å². The number of carbonyl (C=O) groups excluding carboxylic acids is 2. The van der Waals surface area contributed by atoms with Crippen molar-refractivity contribution in [2.24, 2.45) is 0 Å². The summed E-state index contributed by atoms with van der Waals surface area (Å²) >= 11 is 1.35. The molecule has 0 heterocycles. The Morgan fingerprint density at radius 2 is 1.72 bits per heavy atom. The molecule has 0 aliphatic heterocycles. The highest BCUT2D eigenvalue weighted by atomic mass is 32.2. The van der Waals surface area contributed by atoms with Gasteiger partial charge in [-0.3, -0.25) is 19.7 Å². The van der Waals surface area contributed by atoms with Crippen molar-refractivity contribution in [2.45, 2.75) is 25.3 Å². The highest BCUT2D eigenvalue weighted by Crippen LogP contribution is 2.18. The van der Waals surface area contributed by atoms with Crippen LogP contribution in [0.15, 0.2) is 48.5 Å². The quantitative estimate of drug-likeness (QED) is 0.498. The van der Waals surface area contributed by atoms with E-state index < -0.39 is 11.0 Å². The van der Waals surface area contributed by atoms with Crippen LogP contribution >= 0.6 is 11.8 Å². The van der Waals surface area contributed by atoms with Crippen LogP contribution in [-0.2, 0) is 21.9 Å². The number of nitrogens with zero attached hydrogens (tertiary/aromatic N) is 2. The third-order valence-electron chi connectivity index (χ3n) is 4.32. The lowest BCUT2D eigenvalue weighted by Gasteiger charge is -2.28. The van der Waals surface area contributed by atoms with Gasteiger partial charge in [0, 0.05) is 31.5 Å². The van der Waals surface area contributed by atoms with E-state index in [1.807, 2.05) is 0 Å². The number of benzene rings is 2. The van der Waals surface area contributed by atoms with Crippen molar-refractivity contribution in [2.75, 3.05) is 12.8 Å². The second-order valence-electron chi connectivity index (χ2n) is 6.35. The van der Waals surface area contributed by atoms with E-state index in [4.69, 9.17) is 0 Å². The average Bonchev–Trinajstić information content (AvgIpc) is 2.72. The first-order valence-corrected chi connectivity index (χ1v) is 10.0. The van der Waals surface area contributed by atoms with E-state index in [2.05, 4.69) is 5.32 Å². The molecule has 2 rings (SSSR count). The maximum atomic E-state index is 13.1. The number of hydrogen-bond donors (Lipinski definition) is 1. The van der Waals surface area contributed by atoms with Gasteiger partial charge in [0.15, 0.2) is 0 Å². The lowest BCUT2D eigenvalue weighted by molar-refractivity contribution is -0.384. The number of nitrogens with one attached hydrogen (secondary N) is 1. The number of amides is 2. The Morgan fingerprint density at radius 3 is 2.28 bits per heavy atom. The molecule has 9 heteroatoms. The van der Waals surface area contributed by atoms with Crippen LogP contribution in [0.1, 0.15) is 18.1 Å². The van der Waals surface area contributed by atoms with Crippen LogP contribution in [0.5, 0.6) is 0 Å². The molecule has 7 nitrogen and oxygen atoms in total. The van der Waals surface area contributed by atoms with Crippen molar-refractivity contribution < 1.29 is 18.9 Å². The Morgan fingerprint density at radius 1 is 1.14 bits per heavy atom. The number of halogens is 1. The number of non-ortho nitro benzene ring substituents is 1. The van der Waals surface area contributed by atoms with Crippen LogP contribution in [0.25, 0.3) is 0 Å². The second-order valence-corrected chi connectivity index (χ2v) is 7.34. The lowest BCUT2D eigenvalue weighted by atomic mass is 10.1. The Hall–Kier alpha value is -2.94. The van der Waals surface area contributed by atoms with Crippen LogP contribution in [0.4, 0.5) is 10.1 Å². The third-order valence-corrected chi connectivity index (χ3v) is 5.31. The first kappa shape index (κ1) is 22.4. The van der Waals surface area contributed by atoms with Gasteiger partial charge in [-0.2, -0.15) is 0 Å². The van der Waals surface area contributed by atoms with Gasteiger partial charge < -0.3 is 10.2 Å². The van der Waals surface area contributed by atoms with Crippen LogP contribution in [0, 0.1) is 15.9 Å². The van der Waals surface area contributed by atoms with Crippen molar-refractivity contribution in [3.63, 3.8) is 0 Å². The summed E-state index contributed by atoms with van der Waals surface area (Å²) in [4.78, 5) is 36.5. The van der Waals surface area contributed by atoms with E-state index in [9.17, 15) is 24.1 Å². The summed E-state index contributed by atoms with van der Waals surface area (Å²) in [5.74, 6) is -0.245. The van der Waals surface area contributed by atoms with Gasteiger partial charge >= 0.3 is 0 Å². The summed E-state index contributed by atoms with van der Waals surface area (Å²) in [6.07, 6.45) is 0.